The zero-order valence-electron chi connectivity index (χ0n) is 23.5. The normalized spacial score (nSPS) is 50.5. The minimum Gasteiger partial charge on any atom is -0.394 e. The van der Waals surface area contributed by atoms with Crippen LogP contribution in [0.3, 0.4) is 0 Å². The zero-order valence-corrected chi connectivity index (χ0v) is 23.5. The van der Waals surface area contributed by atoms with Gasteiger partial charge in [0.2, 0.25) is 5.91 Å². The van der Waals surface area contributed by atoms with Gasteiger partial charge in [0, 0.05) is 12.1 Å². The topological polar surface area (TPSA) is 313 Å². The second-order valence-electron chi connectivity index (χ2n) is 11.5. The average molecular weight is 611 g/mol. The maximum absolute atomic E-state index is 12.1. The van der Waals surface area contributed by atoms with Crippen LogP contribution in [0, 0.1) is 0 Å². The molecule has 0 aromatic carbocycles. The maximum Gasteiger partial charge on any atom is 0.237 e. The Bertz CT molecular complexity index is 906. The largest absolute Gasteiger partial charge is 0.394 e. The van der Waals surface area contributed by atoms with Gasteiger partial charge in [-0.15, -0.1) is 0 Å². The Balaban J connectivity index is 1.42. The van der Waals surface area contributed by atoms with E-state index in [1.165, 1.54) is 14.0 Å². The molecule has 9 unspecified atom stereocenters. The molecule has 4 fully saturated rings. The lowest BCUT2D eigenvalue weighted by Crippen LogP contribution is -2.70. The molecule has 244 valence electrons. The van der Waals surface area contributed by atoms with Crippen LogP contribution in [0.15, 0.2) is 0 Å². The Morgan fingerprint density at radius 2 is 1.52 bits per heavy atom. The molecular formula is C24H46N6O12. The molecule has 18 atom stereocenters. The van der Waals surface area contributed by atoms with Gasteiger partial charge in [0.05, 0.1) is 43.0 Å². The van der Waals surface area contributed by atoms with Gasteiger partial charge in [-0.1, -0.05) is 0 Å². The summed E-state index contributed by atoms with van der Waals surface area (Å²) >= 11 is 0. The molecule has 0 spiro atoms. The van der Waals surface area contributed by atoms with E-state index in [1.54, 1.807) is 0 Å². The van der Waals surface area contributed by atoms with Gasteiger partial charge in [-0.2, -0.15) is 0 Å². The predicted molar refractivity (Wildman–Crippen MR) is 141 cm³/mol. The van der Waals surface area contributed by atoms with E-state index < -0.39 is 123 Å². The molecule has 1 saturated carbocycles. The fourth-order valence-corrected chi connectivity index (χ4v) is 5.90. The third-order valence-corrected chi connectivity index (χ3v) is 8.41. The molecule has 3 aliphatic heterocycles. The number of aliphatic hydroxyl groups excluding tert-OH is 6. The first-order valence-electron chi connectivity index (χ1n) is 14.1. The lowest BCUT2D eigenvalue weighted by Gasteiger charge is -2.51. The highest BCUT2D eigenvalue weighted by atomic mass is 16.8. The maximum atomic E-state index is 12.1. The van der Waals surface area contributed by atoms with E-state index in [0.29, 0.717) is 0 Å². The van der Waals surface area contributed by atoms with Gasteiger partial charge < -0.3 is 87.9 Å². The number of hydrogen-bond acceptors (Lipinski definition) is 17. The minimum absolute atomic E-state index is 0.115. The van der Waals surface area contributed by atoms with Crippen LogP contribution in [0.5, 0.6) is 0 Å². The van der Waals surface area contributed by atoms with Crippen LogP contribution in [-0.4, -0.2) is 160 Å². The van der Waals surface area contributed by atoms with Crippen LogP contribution in [0.2, 0.25) is 0 Å². The molecule has 0 bridgehead atoms. The van der Waals surface area contributed by atoms with Gasteiger partial charge in [0.25, 0.3) is 0 Å². The molecule has 1 aliphatic carbocycles. The molecule has 4 rings (SSSR count). The van der Waals surface area contributed by atoms with Crippen LogP contribution in [0.4, 0.5) is 0 Å². The Hall–Kier alpha value is -1.17. The summed E-state index contributed by atoms with van der Waals surface area (Å²) in [6, 6.07) is -5.26. The van der Waals surface area contributed by atoms with E-state index in [1.807, 2.05) is 0 Å². The summed E-state index contributed by atoms with van der Waals surface area (Å²) in [4.78, 5) is 12.1. The molecule has 0 aromatic rings. The highest BCUT2D eigenvalue weighted by Crippen LogP contribution is 2.35. The summed E-state index contributed by atoms with van der Waals surface area (Å²) in [5, 5.41) is 68.5. The molecule has 0 radical (unpaired) electrons. The molecule has 1 amide bonds. The van der Waals surface area contributed by atoms with Crippen LogP contribution in [-0.2, 0) is 28.5 Å². The molecule has 4 aliphatic rings. The highest BCUT2D eigenvalue weighted by Gasteiger charge is 2.54. The van der Waals surface area contributed by atoms with E-state index in [0.717, 1.165) is 0 Å². The number of rotatable bonds is 8. The molecule has 0 aromatic heterocycles. The summed E-state index contributed by atoms with van der Waals surface area (Å²) in [6.45, 7) is 0.802. The van der Waals surface area contributed by atoms with Crippen LogP contribution in [0.1, 0.15) is 19.8 Å². The van der Waals surface area contributed by atoms with Gasteiger partial charge in [-0.05, 0) is 26.8 Å². The van der Waals surface area contributed by atoms with E-state index >= 15 is 0 Å². The first kappa shape index (κ1) is 33.7. The van der Waals surface area contributed by atoms with Gasteiger partial charge >= 0.3 is 0 Å². The number of fused-ring (bicyclic) bond motifs is 1. The number of aliphatic hydroxyl groups is 6. The summed E-state index contributed by atoms with van der Waals surface area (Å²) in [6.07, 6.45) is -14.7. The van der Waals surface area contributed by atoms with Crippen molar-refractivity contribution in [1.29, 1.82) is 0 Å². The average Bonchev–Trinajstić information content (AvgIpc) is 2.94. The molecule has 3 saturated heterocycles. The lowest BCUT2D eigenvalue weighted by atomic mass is 9.84. The summed E-state index contributed by atoms with van der Waals surface area (Å²) in [5.74, 6) is -0.622. The van der Waals surface area contributed by atoms with Crippen molar-refractivity contribution in [2.75, 3.05) is 13.7 Å². The van der Waals surface area contributed by atoms with Gasteiger partial charge in [0.1, 0.15) is 42.7 Å². The number of hydrogen-bond donors (Lipinski definition) is 12. The molecule has 16 N–H and O–H groups in total. The van der Waals surface area contributed by atoms with E-state index in [2.05, 4.69) is 10.6 Å². The first-order valence-corrected chi connectivity index (χ1v) is 14.1. The SMILES string of the molecule is CNC1C(O[C@H]2OC(CO)[C@@H](NC(=O)[C@@H](C)N)[C@H](O)C2O)O[C@H]2CC(N)[C@@H](O[C@@H]3C(N)C[C@@H](N)C(O)[C@H]3O)OC2C1O. The molecule has 18 nitrogen and oxygen atoms in total. The second kappa shape index (κ2) is 13.9. The standard InChI is InChI=1S/C24H46N6O12/c1-6(25)21(37)30-12-11(5-31)39-24(18(36)15(12)33)42-23-13(29-2)16(34)20-10(38-23)4-9(28)22(41-20)40-19-8(27)3-7(26)14(32)17(19)35/h6-20,22-24,29,31-36H,3-5,25-28H2,1-2H3,(H,30,37)/t6-,7-,8?,9?,10+,11?,12-,13?,14?,15+,16?,17-,18?,19-,20?,22+,23?,24-/m1/s1. The number of carbonyl (C=O) groups is 1. The second-order valence-corrected chi connectivity index (χ2v) is 11.5. The van der Waals surface area contributed by atoms with Crippen molar-refractivity contribution in [2.45, 2.75) is 130 Å². The summed E-state index contributed by atoms with van der Waals surface area (Å²) in [5.41, 5.74) is 23.8. The van der Waals surface area contributed by atoms with Gasteiger partial charge in [-0.3, -0.25) is 4.79 Å². The number of ether oxygens (including phenoxy) is 5. The van der Waals surface area contributed by atoms with Gasteiger partial charge in [-0.25, -0.2) is 0 Å². The molecule has 18 heteroatoms. The smallest absolute Gasteiger partial charge is 0.237 e. The van der Waals surface area contributed by atoms with Crippen LogP contribution >= 0.6 is 0 Å². The van der Waals surface area contributed by atoms with E-state index in [9.17, 15) is 35.4 Å². The van der Waals surface area contributed by atoms with Crippen molar-refractivity contribution in [3.8, 4) is 0 Å². The number of nitrogens with one attached hydrogen (secondary N) is 2. The number of nitrogens with two attached hydrogens (primary N) is 4. The number of likely N-dealkylation sites (N-methyl/N-ethyl adjacent to an activating group) is 1. The molecular weight excluding hydrogens is 564 g/mol. The highest BCUT2D eigenvalue weighted by molar-refractivity contribution is 5.81. The summed E-state index contributed by atoms with van der Waals surface area (Å²) in [7, 11) is 1.53. The van der Waals surface area contributed by atoms with Crippen molar-refractivity contribution >= 4 is 5.91 Å². The van der Waals surface area contributed by atoms with Crippen molar-refractivity contribution in [3.05, 3.63) is 0 Å². The fourth-order valence-electron chi connectivity index (χ4n) is 5.90. The monoisotopic (exact) mass is 610 g/mol. The number of amides is 1. The zero-order chi connectivity index (χ0) is 31.0. The predicted octanol–water partition coefficient (Wildman–Crippen LogP) is -7.44. The lowest BCUT2D eigenvalue weighted by molar-refractivity contribution is -0.373. The van der Waals surface area contributed by atoms with Crippen molar-refractivity contribution in [1.82, 2.24) is 10.6 Å². The van der Waals surface area contributed by atoms with Crippen molar-refractivity contribution < 1.29 is 59.1 Å². The van der Waals surface area contributed by atoms with Crippen molar-refractivity contribution in [3.63, 3.8) is 0 Å². The Morgan fingerprint density at radius 1 is 0.833 bits per heavy atom. The minimum atomic E-state index is -1.68. The number of carbonyl (C=O) groups excluding carboxylic acids is 1. The third kappa shape index (κ3) is 6.74. The third-order valence-electron chi connectivity index (χ3n) is 8.41. The van der Waals surface area contributed by atoms with Crippen LogP contribution < -0.4 is 33.6 Å². The Morgan fingerprint density at radius 3 is 2.14 bits per heavy atom. The Labute approximate surface area is 242 Å². The summed E-state index contributed by atoms with van der Waals surface area (Å²) < 4.78 is 29.5. The fraction of sp³-hybridized carbons (Fsp3) is 0.958. The quantitative estimate of drug-likeness (QED) is 0.121. The first-order chi connectivity index (χ1) is 19.8. The van der Waals surface area contributed by atoms with Crippen LogP contribution in [0.25, 0.3) is 0 Å². The molecule has 42 heavy (non-hydrogen) atoms. The van der Waals surface area contributed by atoms with Gasteiger partial charge in [0.15, 0.2) is 18.9 Å². The molecule has 3 heterocycles. The van der Waals surface area contributed by atoms with Crippen molar-refractivity contribution in [2.24, 2.45) is 22.9 Å². The Kier molecular flexibility index (Phi) is 11.1. The van der Waals surface area contributed by atoms with E-state index in [4.69, 9.17) is 46.6 Å². The van der Waals surface area contributed by atoms with E-state index in [-0.39, 0.29) is 12.8 Å².